The molecule has 28 heavy (non-hydrogen) atoms. The second-order valence-corrected chi connectivity index (χ2v) is 8.29. The van der Waals surface area contributed by atoms with E-state index in [0.29, 0.717) is 15.5 Å². The molecular formula is C20H14ClN3O2S2. The molecule has 1 fully saturated rings. The standard InChI is InChI=1S/C20H14ClN3O2S2/c1-23-11-13(15-4-2-3-5-16(15)23)10-17-19(26)24(20(27)28-17)22-18(25)12-6-8-14(21)9-7-12/h2-11H,1H3,(H,22,25)/b17-10+. The van der Waals surface area contributed by atoms with Crippen LogP contribution in [0, 0.1) is 0 Å². The number of aryl methyl sites for hydroxylation is 1. The summed E-state index contributed by atoms with van der Waals surface area (Å²) < 4.78 is 2.28. The Balaban J connectivity index is 1.59. The zero-order valence-corrected chi connectivity index (χ0v) is 17.1. The van der Waals surface area contributed by atoms with Crippen LogP contribution in [0.3, 0.4) is 0 Å². The quantitative estimate of drug-likeness (QED) is 0.498. The van der Waals surface area contributed by atoms with Gasteiger partial charge in [0.25, 0.3) is 11.8 Å². The van der Waals surface area contributed by atoms with Gasteiger partial charge in [-0.15, -0.1) is 0 Å². The van der Waals surface area contributed by atoms with Crippen LogP contribution in [0.2, 0.25) is 5.02 Å². The molecule has 0 atom stereocenters. The molecule has 1 aliphatic heterocycles. The number of thiocarbonyl (C=S) groups is 1. The number of fused-ring (bicyclic) bond motifs is 1. The Labute approximate surface area is 175 Å². The molecule has 2 heterocycles. The van der Waals surface area contributed by atoms with E-state index in [9.17, 15) is 9.59 Å². The molecule has 1 N–H and O–H groups in total. The van der Waals surface area contributed by atoms with E-state index in [2.05, 4.69) is 5.43 Å². The summed E-state index contributed by atoms with van der Waals surface area (Å²) in [6.07, 6.45) is 3.76. The SMILES string of the molecule is Cn1cc(/C=C2/SC(=S)N(NC(=O)c3ccc(Cl)cc3)C2=O)c2ccccc21. The van der Waals surface area contributed by atoms with Crippen molar-refractivity contribution in [1.82, 2.24) is 15.0 Å². The number of amides is 2. The Morgan fingerprint density at radius 3 is 2.64 bits per heavy atom. The molecule has 0 saturated carbocycles. The van der Waals surface area contributed by atoms with E-state index < -0.39 is 5.91 Å². The van der Waals surface area contributed by atoms with Gasteiger partial charge in [0.1, 0.15) is 0 Å². The lowest BCUT2D eigenvalue weighted by molar-refractivity contribution is -0.123. The van der Waals surface area contributed by atoms with Crippen molar-refractivity contribution in [2.45, 2.75) is 0 Å². The molecule has 8 heteroatoms. The number of hydrazine groups is 1. The highest BCUT2D eigenvalue weighted by Gasteiger charge is 2.34. The Kier molecular flexibility index (Phi) is 4.97. The largest absolute Gasteiger partial charge is 0.350 e. The normalized spacial score (nSPS) is 15.6. The van der Waals surface area contributed by atoms with Gasteiger partial charge in [-0.05, 0) is 48.6 Å². The van der Waals surface area contributed by atoms with Gasteiger partial charge in [0.2, 0.25) is 0 Å². The van der Waals surface area contributed by atoms with Crippen LogP contribution >= 0.6 is 35.6 Å². The molecule has 4 rings (SSSR count). The van der Waals surface area contributed by atoms with E-state index in [1.54, 1.807) is 30.3 Å². The van der Waals surface area contributed by atoms with E-state index in [1.807, 2.05) is 42.1 Å². The summed E-state index contributed by atoms with van der Waals surface area (Å²) in [4.78, 5) is 25.7. The number of nitrogens with one attached hydrogen (secondary N) is 1. The number of carbonyl (C=O) groups excluding carboxylic acids is 2. The topological polar surface area (TPSA) is 54.3 Å². The maximum Gasteiger partial charge on any atom is 0.285 e. The number of hydrogen-bond acceptors (Lipinski definition) is 4. The van der Waals surface area contributed by atoms with Crippen molar-refractivity contribution in [3.63, 3.8) is 0 Å². The highest BCUT2D eigenvalue weighted by molar-refractivity contribution is 8.26. The van der Waals surface area contributed by atoms with Gasteiger partial charge in [-0.25, -0.2) is 0 Å². The third kappa shape index (κ3) is 3.44. The molecule has 3 aromatic rings. The summed E-state index contributed by atoms with van der Waals surface area (Å²) >= 11 is 12.3. The zero-order chi connectivity index (χ0) is 19.8. The van der Waals surface area contributed by atoms with E-state index in [4.69, 9.17) is 23.8 Å². The zero-order valence-electron chi connectivity index (χ0n) is 14.7. The number of carbonyl (C=O) groups is 2. The Morgan fingerprint density at radius 2 is 1.89 bits per heavy atom. The Bertz CT molecular complexity index is 1150. The molecule has 140 valence electrons. The molecule has 2 amide bonds. The van der Waals surface area contributed by atoms with Crippen LogP contribution in [0.5, 0.6) is 0 Å². The first-order valence-electron chi connectivity index (χ1n) is 8.32. The monoisotopic (exact) mass is 427 g/mol. The van der Waals surface area contributed by atoms with Gasteiger partial charge in [-0.3, -0.25) is 15.0 Å². The molecule has 0 aliphatic carbocycles. The van der Waals surface area contributed by atoms with E-state index >= 15 is 0 Å². The second-order valence-electron chi connectivity index (χ2n) is 6.18. The fourth-order valence-corrected chi connectivity index (χ4v) is 4.26. The van der Waals surface area contributed by atoms with Crippen molar-refractivity contribution in [2.24, 2.45) is 7.05 Å². The van der Waals surface area contributed by atoms with E-state index in [0.717, 1.165) is 33.2 Å². The number of para-hydroxylation sites is 1. The average Bonchev–Trinajstić information content (AvgIpc) is 3.14. The van der Waals surface area contributed by atoms with Crippen LogP contribution < -0.4 is 5.43 Å². The minimum Gasteiger partial charge on any atom is -0.350 e. The minimum absolute atomic E-state index is 0.277. The lowest BCUT2D eigenvalue weighted by Crippen LogP contribution is -2.44. The van der Waals surface area contributed by atoms with Crippen molar-refractivity contribution in [3.8, 4) is 0 Å². The van der Waals surface area contributed by atoms with Crippen LogP contribution in [0.1, 0.15) is 15.9 Å². The number of halogens is 1. The number of hydrogen-bond donors (Lipinski definition) is 1. The van der Waals surface area contributed by atoms with Gasteiger partial charge < -0.3 is 4.57 Å². The predicted octanol–water partition coefficient (Wildman–Crippen LogP) is 4.38. The molecule has 1 aromatic heterocycles. The smallest absolute Gasteiger partial charge is 0.285 e. The average molecular weight is 428 g/mol. The minimum atomic E-state index is -0.431. The number of aromatic nitrogens is 1. The molecule has 1 saturated heterocycles. The molecule has 0 radical (unpaired) electrons. The molecule has 0 unspecified atom stereocenters. The van der Waals surface area contributed by atoms with E-state index in [-0.39, 0.29) is 10.2 Å². The van der Waals surface area contributed by atoms with Crippen LogP contribution in [0.15, 0.2) is 59.6 Å². The van der Waals surface area contributed by atoms with Crippen molar-refractivity contribution >= 4 is 68.7 Å². The van der Waals surface area contributed by atoms with Crippen LogP contribution in [0.25, 0.3) is 17.0 Å². The molecule has 1 aliphatic rings. The summed E-state index contributed by atoms with van der Waals surface area (Å²) in [5.74, 6) is -0.787. The summed E-state index contributed by atoms with van der Waals surface area (Å²) in [5.41, 5.74) is 4.94. The number of nitrogens with zero attached hydrogens (tertiary/aromatic N) is 2. The maximum atomic E-state index is 12.8. The lowest BCUT2D eigenvalue weighted by Gasteiger charge is -2.15. The molecular weight excluding hydrogens is 414 g/mol. The maximum absolute atomic E-state index is 12.8. The molecule has 0 spiro atoms. The summed E-state index contributed by atoms with van der Waals surface area (Å²) in [6, 6.07) is 14.3. The predicted molar refractivity (Wildman–Crippen MR) is 117 cm³/mol. The third-order valence-corrected chi connectivity index (χ3v) is 5.88. The highest BCUT2D eigenvalue weighted by Crippen LogP contribution is 2.33. The third-order valence-electron chi connectivity index (χ3n) is 4.33. The Hall–Kier alpha value is -2.61. The fourth-order valence-electron chi connectivity index (χ4n) is 2.96. The lowest BCUT2D eigenvalue weighted by atomic mass is 10.1. The fraction of sp³-hybridized carbons (Fsp3) is 0.0500. The van der Waals surface area contributed by atoms with Gasteiger partial charge >= 0.3 is 0 Å². The van der Waals surface area contributed by atoms with Crippen LogP contribution in [0.4, 0.5) is 0 Å². The summed E-state index contributed by atoms with van der Waals surface area (Å²) in [5, 5.41) is 2.68. The summed E-state index contributed by atoms with van der Waals surface area (Å²) in [6.45, 7) is 0. The van der Waals surface area contributed by atoms with E-state index in [1.165, 1.54) is 0 Å². The van der Waals surface area contributed by atoms with Gasteiger partial charge in [-0.1, -0.05) is 41.6 Å². The first-order valence-corrected chi connectivity index (χ1v) is 9.93. The Morgan fingerprint density at radius 1 is 1.18 bits per heavy atom. The highest BCUT2D eigenvalue weighted by atomic mass is 35.5. The van der Waals surface area contributed by atoms with Gasteiger partial charge in [0.05, 0.1) is 4.91 Å². The summed E-state index contributed by atoms with van der Waals surface area (Å²) in [7, 11) is 1.96. The van der Waals surface area contributed by atoms with Crippen molar-refractivity contribution in [3.05, 3.63) is 75.8 Å². The van der Waals surface area contributed by atoms with Crippen molar-refractivity contribution < 1.29 is 9.59 Å². The number of thioether (sulfide) groups is 1. The van der Waals surface area contributed by atoms with Gasteiger partial charge in [0, 0.05) is 40.3 Å². The number of rotatable bonds is 3. The second kappa shape index (κ2) is 7.43. The van der Waals surface area contributed by atoms with Crippen LogP contribution in [-0.4, -0.2) is 25.7 Å². The van der Waals surface area contributed by atoms with Gasteiger partial charge in [-0.2, -0.15) is 5.01 Å². The molecule has 2 aromatic carbocycles. The number of benzene rings is 2. The van der Waals surface area contributed by atoms with Crippen molar-refractivity contribution in [1.29, 1.82) is 0 Å². The first-order chi connectivity index (χ1) is 13.4. The first kappa shape index (κ1) is 18.7. The van der Waals surface area contributed by atoms with Crippen LogP contribution in [-0.2, 0) is 11.8 Å². The molecule has 5 nitrogen and oxygen atoms in total. The molecule has 0 bridgehead atoms. The van der Waals surface area contributed by atoms with Gasteiger partial charge in [0.15, 0.2) is 4.32 Å². The van der Waals surface area contributed by atoms with Crippen molar-refractivity contribution in [2.75, 3.05) is 0 Å².